The topological polar surface area (TPSA) is 25.2 Å². The molecular formula is C17H16N2OS2. The Morgan fingerprint density at radius 2 is 2.00 bits per heavy atom. The van der Waals surface area contributed by atoms with Crippen molar-refractivity contribution < 1.29 is 4.79 Å². The third-order valence-electron chi connectivity index (χ3n) is 3.66. The summed E-state index contributed by atoms with van der Waals surface area (Å²) in [5.41, 5.74) is 4.02. The molecule has 1 fully saturated rings. The lowest BCUT2D eigenvalue weighted by molar-refractivity contribution is -0.113. The van der Waals surface area contributed by atoms with Crippen LogP contribution >= 0.6 is 24.0 Å². The lowest BCUT2D eigenvalue weighted by Gasteiger charge is -2.17. The summed E-state index contributed by atoms with van der Waals surface area (Å²) in [4.78, 5) is 15.1. The van der Waals surface area contributed by atoms with Crippen LogP contribution < -0.4 is 4.90 Å². The number of hydrogen-bond donors (Lipinski definition) is 0. The number of aryl methyl sites for hydroxylation is 3. The average molecular weight is 328 g/mol. The van der Waals surface area contributed by atoms with Gasteiger partial charge in [-0.2, -0.15) is 0 Å². The van der Waals surface area contributed by atoms with E-state index in [0.29, 0.717) is 9.23 Å². The monoisotopic (exact) mass is 328 g/mol. The van der Waals surface area contributed by atoms with Crippen LogP contribution in [-0.2, 0) is 11.8 Å². The fourth-order valence-electron chi connectivity index (χ4n) is 2.39. The van der Waals surface area contributed by atoms with Crippen molar-refractivity contribution in [2.45, 2.75) is 13.8 Å². The minimum Gasteiger partial charge on any atom is -0.351 e. The molecule has 0 saturated carbocycles. The molecule has 1 aliphatic heterocycles. The number of rotatable bonds is 2. The number of anilines is 1. The molecule has 1 aromatic carbocycles. The largest absolute Gasteiger partial charge is 0.351 e. The molecule has 2 heterocycles. The van der Waals surface area contributed by atoms with Crippen molar-refractivity contribution in [1.29, 1.82) is 0 Å². The lowest BCUT2D eigenvalue weighted by atomic mass is 10.1. The third kappa shape index (κ3) is 2.62. The molecule has 0 radical (unpaired) electrons. The first-order chi connectivity index (χ1) is 10.5. The first kappa shape index (κ1) is 15.1. The molecule has 0 spiro atoms. The Morgan fingerprint density at radius 3 is 2.68 bits per heavy atom. The van der Waals surface area contributed by atoms with Gasteiger partial charge in [0.25, 0.3) is 5.91 Å². The zero-order valence-corrected chi connectivity index (χ0v) is 14.3. The quantitative estimate of drug-likeness (QED) is 0.614. The summed E-state index contributed by atoms with van der Waals surface area (Å²) in [7, 11) is 1.96. The van der Waals surface area contributed by atoms with Gasteiger partial charge >= 0.3 is 0 Å². The van der Waals surface area contributed by atoms with Crippen LogP contribution in [-0.4, -0.2) is 14.8 Å². The van der Waals surface area contributed by atoms with Crippen LogP contribution in [0.2, 0.25) is 0 Å². The van der Waals surface area contributed by atoms with Gasteiger partial charge in [0, 0.05) is 18.9 Å². The van der Waals surface area contributed by atoms with Crippen molar-refractivity contribution in [2.75, 3.05) is 4.90 Å². The Balaban J connectivity index is 2.00. The standard InChI is InChI=1S/C17H16N2OS2/c1-11-6-7-12(2)14(9-11)19-16(20)15(22-17(19)21)10-13-5-4-8-18(13)3/h4-10H,1-3H3/b15-10+. The molecule has 1 aromatic heterocycles. The van der Waals surface area contributed by atoms with Crippen molar-refractivity contribution >= 4 is 46.0 Å². The zero-order valence-electron chi connectivity index (χ0n) is 12.7. The van der Waals surface area contributed by atoms with E-state index in [1.807, 2.05) is 68.1 Å². The molecule has 3 nitrogen and oxygen atoms in total. The van der Waals surface area contributed by atoms with Crippen LogP contribution in [0.3, 0.4) is 0 Å². The van der Waals surface area contributed by atoms with Crippen LogP contribution in [0, 0.1) is 13.8 Å². The smallest absolute Gasteiger partial charge is 0.270 e. The Kier molecular flexibility index (Phi) is 3.93. The predicted molar refractivity (Wildman–Crippen MR) is 97.0 cm³/mol. The number of carbonyl (C=O) groups is 1. The molecule has 0 aliphatic carbocycles. The molecule has 0 bridgehead atoms. The SMILES string of the molecule is Cc1ccc(C)c(N2C(=O)/C(=C\c3cccn3C)SC2=S)c1. The number of hydrogen-bond acceptors (Lipinski definition) is 3. The van der Waals surface area contributed by atoms with E-state index in [0.717, 1.165) is 22.5 Å². The molecule has 22 heavy (non-hydrogen) atoms. The number of thiocarbonyl (C=S) groups is 1. The number of nitrogens with zero attached hydrogens (tertiary/aromatic N) is 2. The first-order valence-electron chi connectivity index (χ1n) is 6.94. The van der Waals surface area contributed by atoms with Crippen molar-refractivity contribution in [3.05, 3.63) is 58.3 Å². The molecule has 1 saturated heterocycles. The van der Waals surface area contributed by atoms with E-state index in [9.17, 15) is 4.79 Å². The predicted octanol–water partition coefficient (Wildman–Crippen LogP) is 4.05. The van der Waals surface area contributed by atoms with Gasteiger partial charge in [-0.05, 0) is 49.2 Å². The molecule has 2 aromatic rings. The summed E-state index contributed by atoms with van der Waals surface area (Å²) in [5.74, 6) is -0.0510. The van der Waals surface area contributed by atoms with Gasteiger partial charge in [0.1, 0.15) is 0 Å². The Morgan fingerprint density at radius 1 is 1.23 bits per heavy atom. The highest BCUT2D eigenvalue weighted by Gasteiger charge is 2.34. The van der Waals surface area contributed by atoms with Crippen LogP contribution in [0.5, 0.6) is 0 Å². The van der Waals surface area contributed by atoms with Crippen LogP contribution in [0.1, 0.15) is 16.8 Å². The van der Waals surface area contributed by atoms with E-state index in [-0.39, 0.29) is 5.91 Å². The Bertz CT molecular complexity index is 805. The maximum absolute atomic E-state index is 12.8. The molecular weight excluding hydrogens is 312 g/mol. The summed E-state index contributed by atoms with van der Waals surface area (Å²) in [6.45, 7) is 4.01. The maximum Gasteiger partial charge on any atom is 0.270 e. The van der Waals surface area contributed by atoms with Crippen LogP contribution in [0.4, 0.5) is 5.69 Å². The first-order valence-corrected chi connectivity index (χ1v) is 8.16. The Hall–Kier alpha value is -1.85. The highest BCUT2D eigenvalue weighted by atomic mass is 32.2. The second-order valence-corrected chi connectivity index (χ2v) is 7.03. The minimum atomic E-state index is -0.0510. The van der Waals surface area contributed by atoms with Crippen molar-refractivity contribution in [3.8, 4) is 0 Å². The van der Waals surface area contributed by atoms with Gasteiger partial charge in [0.2, 0.25) is 0 Å². The van der Waals surface area contributed by atoms with E-state index >= 15 is 0 Å². The highest BCUT2D eigenvalue weighted by molar-refractivity contribution is 8.27. The average Bonchev–Trinajstić information content (AvgIpc) is 2.98. The third-order valence-corrected chi connectivity index (χ3v) is 4.96. The molecule has 3 rings (SSSR count). The van der Waals surface area contributed by atoms with Crippen LogP contribution in [0.15, 0.2) is 41.4 Å². The highest BCUT2D eigenvalue weighted by Crippen LogP contribution is 2.37. The van der Waals surface area contributed by atoms with Gasteiger partial charge in [-0.3, -0.25) is 9.69 Å². The molecule has 0 unspecified atom stereocenters. The number of thioether (sulfide) groups is 1. The fourth-order valence-corrected chi connectivity index (χ4v) is 3.66. The van der Waals surface area contributed by atoms with Gasteiger partial charge in [0.15, 0.2) is 4.32 Å². The molecule has 1 aliphatic rings. The van der Waals surface area contributed by atoms with Crippen LogP contribution in [0.25, 0.3) is 6.08 Å². The second-order valence-electron chi connectivity index (χ2n) is 5.35. The van der Waals surface area contributed by atoms with Crippen molar-refractivity contribution in [3.63, 3.8) is 0 Å². The van der Waals surface area contributed by atoms with E-state index in [1.54, 1.807) is 4.90 Å². The summed E-state index contributed by atoms with van der Waals surface area (Å²) in [5, 5.41) is 0. The molecule has 5 heteroatoms. The normalized spacial score (nSPS) is 16.9. The summed E-state index contributed by atoms with van der Waals surface area (Å²) in [6, 6.07) is 9.99. The fraction of sp³-hybridized carbons (Fsp3) is 0.176. The van der Waals surface area contributed by atoms with E-state index in [1.165, 1.54) is 11.8 Å². The zero-order chi connectivity index (χ0) is 15.9. The lowest BCUT2D eigenvalue weighted by Crippen LogP contribution is -2.28. The Labute approximate surface area is 139 Å². The van der Waals surface area contributed by atoms with Crippen molar-refractivity contribution in [2.24, 2.45) is 7.05 Å². The molecule has 1 amide bonds. The van der Waals surface area contributed by atoms with Gasteiger partial charge in [-0.1, -0.05) is 36.1 Å². The van der Waals surface area contributed by atoms with Crippen molar-refractivity contribution in [1.82, 2.24) is 4.57 Å². The molecule has 0 atom stereocenters. The number of amides is 1. The van der Waals surface area contributed by atoms with Gasteiger partial charge in [-0.25, -0.2) is 0 Å². The minimum absolute atomic E-state index is 0.0510. The number of aromatic nitrogens is 1. The number of carbonyl (C=O) groups excluding carboxylic acids is 1. The maximum atomic E-state index is 12.8. The molecule has 0 N–H and O–H groups in total. The van der Waals surface area contributed by atoms with E-state index in [4.69, 9.17) is 12.2 Å². The van der Waals surface area contributed by atoms with E-state index < -0.39 is 0 Å². The second kappa shape index (κ2) is 5.74. The summed E-state index contributed by atoms with van der Waals surface area (Å²) >= 11 is 6.78. The summed E-state index contributed by atoms with van der Waals surface area (Å²) in [6.07, 6.45) is 3.85. The van der Waals surface area contributed by atoms with E-state index in [2.05, 4.69) is 0 Å². The number of benzene rings is 1. The van der Waals surface area contributed by atoms with Gasteiger partial charge in [-0.15, -0.1) is 0 Å². The van der Waals surface area contributed by atoms with Gasteiger partial charge < -0.3 is 4.57 Å². The van der Waals surface area contributed by atoms with Gasteiger partial charge in [0.05, 0.1) is 10.6 Å². The summed E-state index contributed by atoms with van der Waals surface area (Å²) < 4.78 is 2.56. The molecule has 112 valence electrons.